The molecule has 0 aliphatic heterocycles. The predicted octanol–water partition coefficient (Wildman–Crippen LogP) is 3.36. The Bertz CT molecular complexity index is 799. The maximum absolute atomic E-state index is 14.4. The first-order valence-electron chi connectivity index (χ1n) is 7.22. The molecule has 2 N–H and O–H groups in total. The number of nitrogen functional groups attached to an aromatic ring is 1. The number of benzene rings is 2. The van der Waals surface area contributed by atoms with Crippen LogP contribution in [0.4, 0.5) is 18.9 Å². The average molecular weight is 258 g/mol. The van der Waals surface area contributed by atoms with Crippen LogP contribution in [0.5, 0.6) is 5.75 Å². The fourth-order valence-corrected chi connectivity index (χ4v) is 1.45. The second-order valence-electron chi connectivity index (χ2n) is 3.26. The van der Waals surface area contributed by atoms with Crippen molar-refractivity contribution in [2.75, 3.05) is 12.8 Å². The highest BCUT2D eigenvalue weighted by Crippen LogP contribution is 2.38. The minimum Gasteiger partial charge on any atom is -0.491 e. The fourth-order valence-electron chi connectivity index (χ4n) is 1.45. The SMILES string of the molecule is [2H]c1c([2H])c([2H])c(-c2c(F)c(F)c(N)c(OC)c2F)c([2H])c1[2H]. The highest BCUT2D eigenvalue weighted by Gasteiger charge is 2.24. The second-order valence-corrected chi connectivity index (χ2v) is 3.26. The summed E-state index contributed by atoms with van der Waals surface area (Å²) in [5, 5.41) is 0. The van der Waals surface area contributed by atoms with E-state index in [1.807, 2.05) is 0 Å². The van der Waals surface area contributed by atoms with Crippen molar-refractivity contribution in [1.29, 1.82) is 0 Å². The molecule has 0 saturated heterocycles. The number of methoxy groups -OCH3 is 1. The zero-order valence-corrected chi connectivity index (χ0v) is 9.12. The number of hydrogen-bond acceptors (Lipinski definition) is 2. The van der Waals surface area contributed by atoms with E-state index in [1.165, 1.54) is 0 Å². The van der Waals surface area contributed by atoms with Crippen LogP contribution in [0.1, 0.15) is 6.85 Å². The molecule has 2 rings (SSSR count). The molecule has 0 atom stereocenters. The van der Waals surface area contributed by atoms with Gasteiger partial charge in [-0.15, -0.1) is 0 Å². The third kappa shape index (κ3) is 1.77. The molecule has 0 unspecified atom stereocenters. The van der Waals surface area contributed by atoms with E-state index in [4.69, 9.17) is 12.6 Å². The Labute approximate surface area is 109 Å². The summed E-state index contributed by atoms with van der Waals surface area (Å²) in [6.07, 6.45) is 0. The molecule has 0 spiro atoms. The van der Waals surface area contributed by atoms with E-state index in [-0.39, 0.29) is 0 Å². The molecule has 5 heteroatoms. The van der Waals surface area contributed by atoms with Crippen molar-refractivity contribution >= 4 is 5.69 Å². The van der Waals surface area contributed by atoms with Gasteiger partial charge in [-0.25, -0.2) is 13.2 Å². The number of ether oxygens (including phenoxy) is 1. The Balaban J connectivity index is 3.03. The molecule has 0 fully saturated rings. The van der Waals surface area contributed by atoms with E-state index in [0.29, 0.717) is 0 Å². The number of hydrogen-bond donors (Lipinski definition) is 1. The molecule has 2 aromatic carbocycles. The van der Waals surface area contributed by atoms with Gasteiger partial charge in [-0.1, -0.05) is 30.2 Å². The Morgan fingerprint density at radius 1 is 1.06 bits per heavy atom. The molecule has 0 aromatic heterocycles. The van der Waals surface area contributed by atoms with Crippen molar-refractivity contribution in [2.45, 2.75) is 0 Å². The van der Waals surface area contributed by atoms with Crippen molar-refractivity contribution in [1.82, 2.24) is 0 Å². The van der Waals surface area contributed by atoms with Gasteiger partial charge in [0.2, 0.25) is 0 Å². The molecule has 0 aliphatic rings. The van der Waals surface area contributed by atoms with Gasteiger partial charge in [-0.2, -0.15) is 0 Å². The molecule has 0 bridgehead atoms. The van der Waals surface area contributed by atoms with Gasteiger partial charge in [-0.05, 0) is 5.56 Å². The quantitative estimate of drug-likeness (QED) is 0.662. The molecule has 0 heterocycles. The van der Waals surface area contributed by atoms with Crippen molar-refractivity contribution in [2.24, 2.45) is 0 Å². The fraction of sp³-hybridized carbons (Fsp3) is 0.0769. The first kappa shape index (κ1) is 7.31. The molecule has 0 aliphatic carbocycles. The minimum absolute atomic E-state index is 0.743. The van der Waals surface area contributed by atoms with Crippen LogP contribution in [-0.4, -0.2) is 7.11 Å². The smallest absolute Gasteiger partial charge is 0.186 e. The van der Waals surface area contributed by atoms with E-state index in [1.54, 1.807) is 0 Å². The van der Waals surface area contributed by atoms with Crippen LogP contribution in [0, 0.1) is 17.5 Å². The van der Waals surface area contributed by atoms with Crippen LogP contribution in [0.2, 0.25) is 0 Å². The van der Waals surface area contributed by atoms with Crippen molar-refractivity contribution in [3.05, 3.63) is 47.7 Å². The van der Waals surface area contributed by atoms with Crippen LogP contribution in [0.25, 0.3) is 11.1 Å². The highest BCUT2D eigenvalue weighted by atomic mass is 19.2. The lowest BCUT2D eigenvalue weighted by Crippen LogP contribution is -2.05. The summed E-state index contributed by atoms with van der Waals surface area (Å²) in [6.45, 7) is 0. The van der Waals surface area contributed by atoms with Crippen molar-refractivity contribution in [3.8, 4) is 16.9 Å². The lowest BCUT2D eigenvalue weighted by Gasteiger charge is -2.12. The maximum Gasteiger partial charge on any atom is 0.186 e. The first-order chi connectivity index (χ1) is 10.6. The molecule has 18 heavy (non-hydrogen) atoms. The van der Waals surface area contributed by atoms with Gasteiger partial charge >= 0.3 is 0 Å². The van der Waals surface area contributed by atoms with E-state index in [2.05, 4.69) is 4.74 Å². The summed E-state index contributed by atoms with van der Waals surface area (Å²) in [5.41, 5.74) is 2.36. The topological polar surface area (TPSA) is 35.2 Å². The van der Waals surface area contributed by atoms with Gasteiger partial charge in [0.15, 0.2) is 23.2 Å². The van der Waals surface area contributed by atoms with Crippen molar-refractivity contribution in [3.63, 3.8) is 0 Å². The summed E-state index contributed by atoms with van der Waals surface area (Å²) in [5.74, 6) is -5.67. The Morgan fingerprint density at radius 3 is 2.22 bits per heavy atom. The normalized spacial score (nSPS) is 14.3. The summed E-state index contributed by atoms with van der Waals surface area (Å²) in [4.78, 5) is 0. The van der Waals surface area contributed by atoms with E-state index < -0.39 is 70.2 Å². The lowest BCUT2D eigenvalue weighted by atomic mass is 10.0. The average Bonchev–Trinajstić information content (AvgIpc) is 2.52. The van der Waals surface area contributed by atoms with Gasteiger partial charge in [0.25, 0.3) is 0 Å². The van der Waals surface area contributed by atoms with Crippen LogP contribution >= 0.6 is 0 Å². The molecule has 0 radical (unpaired) electrons. The molecule has 2 nitrogen and oxygen atoms in total. The lowest BCUT2D eigenvalue weighted by molar-refractivity contribution is 0.381. The summed E-state index contributed by atoms with van der Waals surface area (Å²) in [7, 11) is 0.970. The number of nitrogens with two attached hydrogens (primary N) is 1. The molecule has 0 amide bonds. The van der Waals surface area contributed by atoms with Crippen LogP contribution in [0.3, 0.4) is 0 Å². The largest absolute Gasteiger partial charge is 0.491 e. The van der Waals surface area contributed by atoms with Crippen LogP contribution < -0.4 is 10.5 Å². The minimum atomic E-state index is -1.76. The second kappa shape index (κ2) is 4.60. The van der Waals surface area contributed by atoms with Crippen LogP contribution in [-0.2, 0) is 0 Å². The monoisotopic (exact) mass is 258 g/mol. The third-order valence-electron chi connectivity index (χ3n) is 2.27. The number of anilines is 1. The predicted molar refractivity (Wildman–Crippen MR) is 62.7 cm³/mol. The standard InChI is InChI=1S/C13H10F3NO/c1-18-13-10(15)8(7-5-3-2-4-6-7)9(14)11(16)12(13)17/h2-6H,17H2,1H3/i2D,3D,4D,5D,6D. The molecule has 94 valence electrons. The van der Waals surface area contributed by atoms with Crippen molar-refractivity contribution < 1.29 is 24.8 Å². The Hall–Kier alpha value is -2.17. The van der Waals surface area contributed by atoms with E-state index in [9.17, 15) is 13.2 Å². The number of halogens is 3. The van der Waals surface area contributed by atoms with Gasteiger partial charge < -0.3 is 10.5 Å². The molecule has 0 saturated carbocycles. The van der Waals surface area contributed by atoms with Gasteiger partial charge in [0.1, 0.15) is 5.69 Å². The summed E-state index contributed by atoms with van der Waals surface area (Å²) >= 11 is 0. The highest BCUT2D eigenvalue weighted by molar-refractivity contribution is 5.72. The Morgan fingerprint density at radius 2 is 1.67 bits per heavy atom. The zero-order valence-electron chi connectivity index (χ0n) is 14.1. The number of rotatable bonds is 2. The van der Waals surface area contributed by atoms with Gasteiger partial charge in [0, 0.05) is 0 Å². The summed E-state index contributed by atoms with van der Waals surface area (Å²) < 4.78 is 85.0. The van der Waals surface area contributed by atoms with Gasteiger partial charge in [0.05, 0.1) is 19.5 Å². The first-order valence-corrected chi connectivity index (χ1v) is 4.72. The third-order valence-corrected chi connectivity index (χ3v) is 2.27. The zero-order chi connectivity index (χ0) is 17.6. The maximum atomic E-state index is 14.4. The van der Waals surface area contributed by atoms with Gasteiger partial charge in [-0.3, -0.25) is 0 Å². The molecular weight excluding hydrogens is 243 g/mol. The Kier molecular flexibility index (Phi) is 1.87. The van der Waals surface area contributed by atoms with E-state index in [0.717, 1.165) is 7.11 Å². The van der Waals surface area contributed by atoms with Crippen LogP contribution in [0.15, 0.2) is 30.2 Å². The molecular formula is C13H10F3NO. The summed E-state index contributed by atoms with van der Waals surface area (Å²) in [6, 6.07) is -4.11. The van der Waals surface area contributed by atoms with E-state index >= 15 is 0 Å². The molecule has 2 aromatic rings.